The Hall–Kier alpha value is -10.1. The number of hydrogen-bond acceptors (Lipinski definition) is 3. The first-order chi connectivity index (χ1) is 40.7. The monoisotopic (exact) mass is 1090 g/mol. The van der Waals surface area contributed by atoms with Crippen molar-refractivity contribution in [1.82, 2.24) is 24.1 Å². The van der Waals surface area contributed by atoms with E-state index in [1.54, 1.807) is 0 Å². The summed E-state index contributed by atoms with van der Waals surface area (Å²) >= 11 is 0. The van der Waals surface area contributed by atoms with Gasteiger partial charge in [-0.3, -0.25) is 4.57 Å². The summed E-state index contributed by atoms with van der Waals surface area (Å²) in [5, 5.41) is 4.68. The molecule has 82 heavy (non-hydrogen) atoms. The van der Waals surface area contributed by atoms with E-state index in [0.29, 0.717) is 17.6 Å². The van der Waals surface area contributed by atoms with Gasteiger partial charge < -0.3 is 4.57 Å². The van der Waals surface area contributed by atoms with Crippen molar-refractivity contribution in [2.45, 2.75) is 39.2 Å². The van der Waals surface area contributed by atoms with Crippen LogP contribution in [0.3, 0.4) is 0 Å². The van der Waals surface area contributed by atoms with Crippen LogP contribution in [0.5, 0.6) is 0 Å². The minimum Gasteiger partial charge on any atom is -0.309 e. The molecule has 0 amide bonds. The molecule has 0 spiro atoms. The van der Waals surface area contributed by atoms with Crippen molar-refractivity contribution in [3.05, 3.63) is 322 Å². The number of rotatable bonds is 12. The smallest absolute Gasteiger partial charge is 0.238 e. The molecule has 0 aliphatic rings. The highest BCUT2D eigenvalue weighted by Crippen LogP contribution is 2.74. The van der Waals surface area contributed by atoms with Crippen molar-refractivity contribution >= 4 is 63.7 Å². The zero-order chi connectivity index (χ0) is 54.5. The number of aromatic nitrogens is 5. The molecule has 0 atom stereocenters. The maximum absolute atomic E-state index is 5.51. The maximum Gasteiger partial charge on any atom is 0.238 e. The van der Waals surface area contributed by atoms with E-state index >= 15 is 0 Å². The predicted molar refractivity (Wildman–Crippen MR) is 339 cm³/mol. The molecule has 390 valence electrons. The average Bonchev–Trinajstić information content (AvgIpc) is 4.24. The Morgan fingerprint density at radius 1 is 0.220 bits per heavy atom. The van der Waals surface area contributed by atoms with Gasteiger partial charge in [0.05, 0.1) is 22.1 Å². The minimum atomic E-state index is -1.93. The fourth-order valence-corrected chi connectivity index (χ4v) is 20.0. The summed E-state index contributed by atoms with van der Waals surface area (Å²) in [6, 6.07) is 117. The Morgan fingerprint density at radius 2 is 0.500 bits per heavy atom. The Kier molecular flexibility index (Phi) is 12.3. The first-order valence-electron chi connectivity index (χ1n) is 27.6. The molecule has 0 aliphatic carbocycles. The van der Waals surface area contributed by atoms with Crippen LogP contribution in [0, 0.1) is 0 Å². The Balaban J connectivity index is 0.937. The molecule has 0 saturated heterocycles. The normalized spacial score (nSPS) is 12.3. The van der Waals surface area contributed by atoms with E-state index in [-0.39, 0.29) is 0 Å². The summed E-state index contributed by atoms with van der Waals surface area (Å²) in [4.78, 5) is 26.5. The molecule has 7 heteroatoms. The molecule has 0 bridgehead atoms. The lowest BCUT2D eigenvalue weighted by atomic mass is 10.1. The van der Waals surface area contributed by atoms with Crippen LogP contribution in [0.1, 0.15) is 0 Å². The van der Waals surface area contributed by atoms with E-state index < -0.39 is 20.1 Å². The second-order valence-corrected chi connectivity index (χ2v) is 26.6. The van der Waals surface area contributed by atoms with Gasteiger partial charge in [0.15, 0.2) is 11.6 Å². The molecule has 3 heterocycles. The lowest BCUT2D eigenvalue weighted by Gasteiger charge is -2.42. The van der Waals surface area contributed by atoms with Crippen molar-refractivity contribution in [3.8, 4) is 34.4 Å². The van der Waals surface area contributed by atoms with Gasteiger partial charge in [-0.1, -0.05) is 188 Å². The van der Waals surface area contributed by atoms with Gasteiger partial charge in [0, 0.05) is 77.5 Å². The van der Waals surface area contributed by atoms with Gasteiger partial charge in [0.25, 0.3) is 0 Å². The molecule has 3 aromatic heterocycles. The van der Waals surface area contributed by atoms with Crippen LogP contribution in [-0.2, 0) is 0 Å². The minimum absolute atomic E-state index is 0.541. The molecule has 12 aromatic carbocycles. The number of benzene rings is 12. The highest BCUT2D eigenvalue weighted by molar-refractivity contribution is 8.34. The SMILES string of the molecule is c1ccc(S(c2ccccc2)(c2ccccc2)c2ccc(-c3nc(-c4ccc(S(c5ccccc5)(c5ccccc5)c5ccccc5)cc4)nc(-n4c5ccccc5c5cc(-n6c7ccccc7c7ccccc76)ccc54)n3)cc2)cc1. The van der Waals surface area contributed by atoms with Gasteiger partial charge >= 0.3 is 0 Å². The molecule has 0 fully saturated rings. The second kappa shape index (κ2) is 20.6. The Morgan fingerprint density at radius 3 is 0.854 bits per heavy atom. The largest absolute Gasteiger partial charge is 0.309 e. The molecule has 5 nitrogen and oxygen atoms in total. The van der Waals surface area contributed by atoms with Crippen LogP contribution in [-0.4, -0.2) is 24.1 Å². The summed E-state index contributed by atoms with van der Waals surface area (Å²) in [5.74, 6) is 1.71. The van der Waals surface area contributed by atoms with Crippen LogP contribution in [0.25, 0.3) is 78.0 Å². The van der Waals surface area contributed by atoms with Crippen molar-refractivity contribution in [1.29, 1.82) is 0 Å². The quantitative estimate of drug-likeness (QED) is 0.122. The Bertz CT molecular complexity index is 4330. The van der Waals surface area contributed by atoms with E-state index in [9.17, 15) is 0 Å². The van der Waals surface area contributed by atoms with E-state index in [0.717, 1.165) is 38.6 Å². The highest BCUT2D eigenvalue weighted by atomic mass is 32.3. The fraction of sp³-hybridized carbons (Fsp3) is 0. The van der Waals surface area contributed by atoms with Gasteiger partial charge in [-0.25, -0.2) is 4.98 Å². The maximum atomic E-state index is 5.51. The molecule has 0 aliphatic heterocycles. The van der Waals surface area contributed by atoms with Gasteiger partial charge in [0.2, 0.25) is 5.95 Å². The van der Waals surface area contributed by atoms with Crippen molar-refractivity contribution < 1.29 is 0 Å². The molecule has 0 N–H and O–H groups in total. The lowest BCUT2D eigenvalue weighted by Crippen LogP contribution is -2.07. The molecule has 0 unspecified atom stereocenters. The average molecular weight is 1090 g/mol. The summed E-state index contributed by atoms with van der Waals surface area (Å²) in [6.07, 6.45) is 0. The summed E-state index contributed by atoms with van der Waals surface area (Å²) in [6.45, 7) is 0. The van der Waals surface area contributed by atoms with Gasteiger partial charge in [0.1, 0.15) is 0 Å². The van der Waals surface area contributed by atoms with Gasteiger partial charge in [-0.2, -0.15) is 9.97 Å². The number of fused-ring (bicyclic) bond motifs is 6. The van der Waals surface area contributed by atoms with Crippen molar-refractivity contribution in [3.63, 3.8) is 0 Å². The zero-order valence-corrected chi connectivity index (χ0v) is 46.3. The third-order valence-electron chi connectivity index (χ3n) is 15.8. The lowest BCUT2D eigenvalue weighted by molar-refractivity contribution is 0.952. The van der Waals surface area contributed by atoms with Crippen LogP contribution < -0.4 is 0 Å². The van der Waals surface area contributed by atoms with Crippen molar-refractivity contribution in [2.75, 3.05) is 0 Å². The summed E-state index contributed by atoms with van der Waals surface area (Å²) in [5.41, 5.74) is 7.22. The molecule has 15 rings (SSSR count). The molecule has 15 aromatic rings. The zero-order valence-electron chi connectivity index (χ0n) is 44.7. The van der Waals surface area contributed by atoms with Crippen molar-refractivity contribution in [2.24, 2.45) is 0 Å². The van der Waals surface area contributed by atoms with E-state index in [1.807, 2.05) is 0 Å². The van der Waals surface area contributed by atoms with Gasteiger partial charge in [-0.05, 0) is 133 Å². The number of nitrogens with zero attached hydrogens (tertiary/aromatic N) is 5. The first-order valence-corrected chi connectivity index (χ1v) is 30.9. The van der Waals surface area contributed by atoms with Gasteiger partial charge in [-0.15, -0.1) is 20.1 Å². The summed E-state index contributed by atoms with van der Waals surface area (Å²) < 4.78 is 4.61. The van der Waals surface area contributed by atoms with E-state index in [1.165, 1.54) is 61.0 Å². The number of para-hydroxylation sites is 3. The van der Waals surface area contributed by atoms with Crippen LogP contribution in [0.15, 0.2) is 361 Å². The molecular formula is C75H53N5S2. The third-order valence-corrected chi connectivity index (χ3v) is 23.7. The molecule has 0 saturated carbocycles. The third kappa shape index (κ3) is 7.99. The van der Waals surface area contributed by atoms with Crippen LogP contribution in [0.4, 0.5) is 0 Å². The number of hydrogen-bond donors (Lipinski definition) is 0. The van der Waals surface area contributed by atoms with E-state index in [2.05, 4.69) is 331 Å². The van der Waals surface area contributed by atoms with Crippen LogP contribution in [0.2, 0.25) is 0 Å². The molecule has 0 radical (unpaired) electrons. The predicted octanol–water partition coefficient (Wildman–Crippen LogP) is 20.1. The summed E-state index contributed by atoms with van der Waals surface area (Å²) in [7, 11) is -3.86. The van der Waals surface area contributed by atoms with E-state index in [4.69, 9.17) is 15.0 Å². The standard InChI is InChI=1S/C75H53N5S2/c1-7-25-57(26-8-1)81(58-27-9-2-10-28-58,59-29-11-3-12-30-59)63-48-43-54(44-49-63)73-76-74(55-45-50-64(51-46-55)82(60-31-13-4-14-32-60,61-33-15-5-16-34-61)62-35-17-6-18-36-62)78-75(77-73)80-71-42-24-21-39-67(71)68-53-56(47-52-72(68)80)79-69-40-22-19-37-65(69)66-38-20-23-41-70(66)79/h1-53H. The first kappa shape index (κ1) is 49.0. The fourth-order valence-electron chi connectivity index (χ4n) is 12.2. The van der Waals surface area contributed by atoms with Crippen LogP contribution >= 0.6 is 20.1 Å². The second-order valence-electron chi connectivity index (χ2n) is 20.4. The highest BCUT2D eigenvalue weighted by Gasteiger charge is 2.35. The Labute approximate surface area is 479 Å². The topological polar surface area (TPSA) is 48.5 Å². The molecular weight excluding hydrogens is 1030 g/mol.